The molecule has 130 valence electrons. The number of aryl methyl sites for hydroxylation is 2. The minimum absolute atomic E-state index is 0.0886. The Morgan fingerprint density at radius 3 is 2.38 bits per heavy atom. The zero-order chi connectivity index (χ0) is 17.9. The maximum Gasteiger partial charge on any atom is 0.251 e. The lowest BCUT2D eigenvalue weighted by atomic mass is 9.88. The molecule has 24 heavy (non-hydrogen) atoms. The van der Waals surface area contributed by atoms with Gasteiger partial charge >= 0.3 is 0 Å². The molecule has 0 aliphatic rings. The minimum Gasteiger partial charge on any atom is -0.345 e. The maximum atomic E-state index is 12.5. The number of rotatable bonds is 6. The highest BCUT2D eigenvalue weighted by molar-refractivity contribution is 5.94. The summed E-state index contributed by atoms with van der Waals surface area (Å²) in [5.41, 5.74) is 9.33. The fourth-order valence-corrected chi connectivity index (χ4v) is 2.53. The lowest BCUT2D eigenvalue weighted by Crippen LogP contribution is -2.55. The molecule has 0 saturated carbocycles. The molecule has 3 N–H and O–H groups in total. The number of amides is 1. The Kier molecular flexibility index (Phi) is 5.44. The number of aromatic nitrogens is 2. The van der Waals surface area contributed by atoms with Gasteiger partial charge < -0.3 is 11.1 Å². The number of hydrogen-bond acceptors (Lipinski definition) is 3. The fraction of sp³-hybridized carbons (Fsp3) is 0.474. The van der Waals surface area contributed by atoms with Gasteiger partial charge in [0.05, 0.1) is 17.8 Å². The van der Waals surface area contributed by atoms with Gasteiger partial charge in [0, 0.05) is 17.8 Å². The molecule has 1 unspecified atom stereocenters. The molecule has 5 heteroatoms. The van der Waals surface area contributed by atoms with E-state index >= 15 is 0 Å². The lowest BCUT2D eigenvalue weighted by molar-refractivity contribution is 0.0883. The van der Waals surface area contributed by atoms with E-state index in [1.807, 2.05) is 49.7 Å². The van der Waals surface area contributed by atoms with Gasteiger partial charge in [0.25, 0.3) is 5.91 Å². The Balaban J connectivity index is 2.08. The first-order valence-corrected chi connectivity index (χ1v) is 8.38. The lowest BCUT2D eigenvalue weighted by Gasteiger charge is -2.33. The van der Waals surface area contributed by atoms with Crippen molar-refractivity contribution in [3.05, 3.63) is 52.8 Å². The van der Waals surface area contributed by atoms with Crippen LogP contribution in [-0.4, -0.2) is 27.8 Å². The average Bonchev–Trinajstić information content (AvgIpc) is 2.85. The van der Waals surface area contributed by atoms with E-state index in [1.165, 1.54) is 0 Å². The van der Waals surface area contributed by atoms with Crippen molar-refractivity contribution in [2.24, 2.45) is 11.7 Å². The molecule has 2 rings (SSSR count). The summed E-state index contributed by atoms with van der Waals surface area (Å²) < 4.78 is 1.97. The van der Waals surface area contributed by atoms with Crippen LogP contribution in [0, 0.1) is 19.8 Å². The van der Waals surface area contributed by atoms with Gasteiger partial charge in [0.15, 0.2) is 0 Å². The van der Waals surface area contributed by atoms with Gasteiger partial charge in [-0.05, 0) is 50.5 Å². The summed E-state index contributed by atoms with van der Waals surface area (Å²) >= 11 is 0. The number of carbonyl (C=O) groups is 1. The van der Waals surface area contributed by atoms with Crippen molar-refractivity contribution in [1.82, 2.24) is 15.1 Å². The Hall–Kier alpha value is -2.14. The molecule has 1 heterocycles. The van der Waals surface area contributed by atoms with E-state index in [4.69, 9.17) is 5.73 Å². The standard InChI is InChI=1S/C19H28N4O/c1-13(2)19(5,12-20)21-18(24)17-8-6-16(7-9-17)11-23-15(4)10-14(3)22-23/h6-10,13H,11-12,20H2,1-5H3,(H,21,24). The molecule has 0 aliphatic carbocycles. The normalized spacial score (nSPS) is 13.8. The van der Waals surface area contributed by atoms with E-state index in [1.54, 1.807) is 0 Å². The van der Waals surface area contributed by atoms with Gasteiger partial charge in [-0.1, -0.05) is 26.0 Å². The van der Waals surface area contributed by atoms with Crippen LogP contribution in [0.2, 0.25) is 0 Å². The summed E-state index contributed by atoms with van der Waals surface area (Å²) in [6.45, 7) is 11.2. The van der Waals surface area contributed by atoms with E-state index in [9.17, 15) is 4.79 Å². The molecule has 0 bridgehead atoms. The second-order valence-corrected chi connectivity index (χ2v) is 7.01. The zero-order valence-corrected chi connectivity index (χ0v) is 15.3. The number of carbonyl (C=O) groups excluding carboxylic acids is 1. The smallest absolute Gasteiger partial charge is 0.251 e. The van der Waals surface area contributed by atoms with Crippen LogP contribution in [-0.2, 0) is 6.54 Å². The van der Waals surface area contributed by atoms with E-state index in [-0.39, 0.29) is 11.8 Å². The number of benzene rings is 1. The molecule has 1 aromatic heterocycles. The third-order valence-electron chi connectivity index (χ3n) is 4.75. The van der Waals surface area contributed by atoms with Crippen molar-refractivity contribution in [2.75, 3.05) is 6.54 Å². The molecule has 0 radical (unpaired) electrons. The molecule has 0 saturated heterocycles. The molecule has 0 spiro atoms. The first-order valence-electron chi connectivity index (χ1n) is 8.38. The largest absolute Gasteiger partial charge is 0.345 e. The quantitative estimate of drug-likeness (QED) is 0.856. The minimum atomic E-state index is -0.403. The Morgan fingerprint density at radius 1 is 1.29 bits per heavy atom. The highest BCUT2D eigenvalue weighted by Crippen LogP contribution is 2.16. The van der Waals surface area contributed by atoms with Crippen LogP contribution >= 0.6 is 0 Å². The molecule has 2 aromatic rings. The van der Waals surface area contributed by atoms with Gasteiger partial charge in [-0.25, -0.2) is 0 Å². The summed E-state index contributed by atoms with van der Waals surface area (Å²) in [5, 5.41) is 7.52. The second-order valence-electron chi connectivity index (χ2n) is 7.01. The third kappa shape index (κ3) is 4.03. The van der Waals surface area contributed by atoms with E-state index in [2.05, 4.69) is 30.3 Å². The maximum absolute atomic E-state index is 12.5. The van der Waals surface area contributed by atoms with Crippen LogP contribution in [0.5, 0.6) is 0 Å². The first kappa shape index (κ1) is 18.2. The molecular weight excluding hydrogens is 300 g/mol. The summed E-state index contributed by atoms with van der Waals surface area (Å²) in [7, 11) is 0. The van der Waals surface area contributed by atoms with E-state index in [0.717, 1.165) is 17.0 Å². The Bertz CT molecular complexity index is 703. The SMILES string of the molecule is Cc1cc(C)n(Cc2ccc(C(=O)NC(C)(CN)C(C)C)cc2)n1. The van der Waals surface area contributed by atoms with E-state index in [0.29, 0.717) is 18.7 Å². The van der Waals surface area contributed by atoms with Gasteiger partial charge in [-0.3, -0.25) is 9.48 Å². The van der Waals surface area contributed by atoms with Crippen LogP contribution in [0.1, 0.15) is 48.1 Å². The van der Waals surface area contributed by atoms with Gasteiger partial charge in [-0.2, -0.15) is 5.10 Å². The summed E-state index contributed by atoms with van der Waals surface area (Å²) in [6.07, 6.45) is 0. The molecule has 1 amide bonds. The van der Waals surface area contributed by atoms with Crippen LogP contribution in [0.4, 0.5) is 0 Å². The highest BCUT2D eigenvalue weighted by atomic mass is 16.1. The molecule has 1 atom stereocenters. The molecule has 0 aliphatic heterocycles. The van der Waals surface area contributed by atoms with Crippen molar-refractivity contribution >= 4 is 5.91 Å². The number of nitrogens with one attached hydrogen (secondary N) is 1. The fourth-order valence-electron chi connectivity index (χ4n) is 2.53. The number of nitrogens with zero attached hydrogens (tertiary/aromatic N) is 2. The molecule has 0 fully saturated rings. The van der Waals surface area contributed by atoms with Crippen LogP contribution in [0.3, 0.4) is 0 Å². The Labute approximate surface area is 144 Å². The van der Waals surface area contributed by atoms with E-state index < -0.39 is 5.54 Å². The van der Waals surface area contributed by atoms with Crippen LogP contribution < -0.4 is 11.1 Å². The van der Waals surface area contributed by atoms with Crippen molar-refractivity contribution < 1.29 is 4.79 Å². The van der Waals surface area contributed by atoms with Gasteiger partial charge in [-0.15, -0.1) is 0 Å². The molecule has 1 aromatic carbocycles. The predicted molar refractivity (Wildman–Crippen MR) is 97.0 cm³/mol. The number of hydrogen-bond donors (Lipinski definition) is 2. The predicted octanol–water partition coefficient (Wildman–Crippen LogP) is 2.65. The zero-order valence-electron chi connectivity index (χ0n) is 15.3. The monoisotopic (exact) mass is 328 g/mol. The van der Waals surface area contributed by atoms with Crippen molar-refractivity contribution in [1.29, 1.82) is 0 Å². The summed E-state index contributed by atoms with van der Waals surface area (Å²) in [5.74, 6) is 0.172. The summed E-state index contributed by atoms with van der Waals surface area (Å²) in [4.78, 5) is 12.5. The van der Waals surface area contributed by atoms with Crippen molar-refractivity contribution in [2.45, 2.75) is 46.7 Å². The van der Waals surface area contributed by atoms with Crippen molar-refractivity contribution in [3.8, 4) is 0 Å². The highest BCUT2D eigenvalue weighted by Gasteiger charge is 2.28. The summed E-state index contributed by atoms with van der Waals surface area (Å²) in [6, 6.07) is 9.71. The number of nitrogens with two attached hydrogens (primary N) is 1. The van der Waals surface area contributed by atoms with Crippen LogP contribution in [0.25, 0.3) is 0 Å². The van der Waals surface area contributed by atoms with Crippen molar-refractivity contribution in [3.63, 3.8) is 0 Å². The molecule has 5 nitrogen and oxygen atoms in total. The Morgan fingerprint density at radius 2 is 1.92 bits per heavy atom. The first-order chi connectivity index (χ1) is 11.2. The van der Waals surface area contributed by atoms with Crippen LogP contribution in [0.15, 0.2) is 30.3 Å². The van der Waals surface area contributed by atoms with Gasteiger partial charge in [0.1, 0.15) is 0 Å². The topological polar surface area (TPSA) is 72.9 Å². The third-order valence-corrected chi connectivity index (χ3v) is 4.75. The van der Waals surface area contributed by atoms with Gasteiger partial charge in [0.2, 0.25) is 0 Å². The second kappa shape index (κ2) is 7.18. The molecular formula is C19H28N4O. The average molecular weight is 328 g/mol.